The second-order valence-electron chi connectivity index (χ2n) is 9.29. The first-order chi connectivity index (χ1) is 15.6. The number of carbonyl (C=O) groups excluding carboxylic acids is 4. The van der Waals surface area contributed by atoms with Crippen molar-refractivity contribution >= 4 is 23.8 Å². The van der Waals surface area contributed by atoms with E-state index in [0.717, 1.165) is 0 Å². The number of imide groups is 1. The second-order valence-corrected chi connectivity index (χ2v) is 9.29. The number of fused-ring (bicyclic) bond motifs is 1. The molecule has 2 heterocycles. The van der Waals surface area contributed by atoms with E-state index in [2.05, 4.69) is 5.32 Å². The lowest BCUT2D eigenvalue weighted by Crippen LogP contribution is -2.47. The summed E-state index contributed by atoms with van der Waals surface area (Å²) in [5.41, 5.74) is 0.321. The monoisotopic (exact) mass is 449 g/mol. The fraction of sp³-hybridized carbons (Fsp3) is 0.360. The Balaban J connectivity index is 1.36. The van der Waals surface area contributed by atoms with Crippen LogP contribution in [0.4, 0.5) is 4.79 Å². The van der Waals surface area contributed by atoms with E-state index in [1.807, 2.05) is 6.07 Å². The molecule has 0 aliphatic carbocycles. The average Bonchev–Trinajstić information content (AvgIpc) is 3.04. The number of amides is 4. The molecule has 1 N–H and O–H groups in total. The molecule has 1 saturated heterocycles. The third kappa shape index (κ3) is 4.60. The van der Waals surface area contributed by atoms with E-state index in [9.17, 15) is 19.2 Å². The maximum Gasteiger partial charge on any atom is 0.412 e. The Hall–Kier alpha value is -3.68. The van der Waals surface area contributed by atoms with Crippen LogP contribution in [0.3, 0.4) is 0 Å². The zero-order valence-electron chi connectivity index (χ0n) is 19.0. The van der Waals surface area contributed by atoms with Crippen LogP contribution in [0, 0.1) is 0 Å². The van der Waals surface area contributed by atoms with Crippen LogP contribution in [0.5, 0.6) is 5.75 Å². The van der Waals surface area contributed by atoms with Gasteiger partial charge < -0.3 is 15.0 Å². The largest absolute Gasteiger partial charge is 0.412 e. The van der Waals surface area contributed by atoms with Crippen LogP contribution in [0.2, 0.25) is 0 Å². The molecule has 0 bridgehead atoms. The highest BCUT2D eigenvalue weighted by molar-refractivity contribution is 6.22. The number of nitrogens with one attached hydrogen (secondary N) is 1. The number of nitrogens with zero attached hydrogens (tertiary/aromatic N) is 2. The van der Waals surface area contributed by atoms with Crippen LogP contribution < -0.4 is 10.1 Å². The quantitative estimate of drug-likeness (QED) is 0.724. The van der Waals surface area contributed by atoms with Gasteiger partial charge in [-0.15, -0.1) is 0 Å². The summed E-state index contributed by atoms with van der Waals surface area (Å²) in [6.07, 6.45) is 0.669. The zero-order valence-corrected chi connectivity index (χ0v) is 19.0. The summed E-state index contributed by atoms with van der Waals surface area (Å²) >= 11 is 0. The molecule has 33 heavy (non-hydrogen) atoms. The van der Waals surface area contributed by atoms with Gasteiger partial charge in [-0.05, 0) is 63.9 Å². The summed E-state index contributed by atoms with van der Waals surface area (Å²) in [5.74, 6) is -0.442. The lowest BCUT2D eigenvalue weighted by Gasteiger charge is -2.32. The molecule has 2 aliphatic heterocycles. The standard InChI is InChI=1S/C25H27N3O5/c1-25(2,3)28-22(30)19-10-9-16(15-20(19)23(28)31)21(29)27-13-11-17(12-14-27)26-24(32)33-18-7-5-4-6-8-18/h4-10,15,17H,11-14H2,1-3H3,(H,26,32). The van der Waals surface area contributed by atoms with Gasteiger partial charge in [0.05, 0.1) is 11.1 Å². The molecule has 0 atom stereocenters. The van der Waals surface area contributed by atoms with Crippen molar-refractivity contribution in [3.63, 3.8) is 0 Å². The minimum atomic E-state index is -0.645. The Morgan fingerprint density at radius 3 is 2.21 bits per heavy atom. The third-order valence-corrected chi connectivity index (χ3v) is 5.86. The lowest BCUT2D eigenvalue weighted by atomic mass is 10.0. The number of para-hydroxylation sites is 1. The van der Waals surface area contributed by atoms with Gasteiger partial charge in [0, 0.05) is 30.2 Å². The van der Waals surface area contributed by atoms with Gasteiger partial charge in [0.25, 0.3) is 17.7 Å². The number of piperidine rings is 1. The summed E-state index contributed by atoms with van der Waals surface area (Å²) in [5, 5.41) is 2.84. The molecule has 0 radical (unpaired) electrons. The van der Waals surface area contributed by atoms with Crippen LogP contribution in [0.15, 0.2) is 48.5 Å². The van der Waals surface area contributed by atoms with Gasteiger partial charge >= 0.3 is 6.09 Å². The summed E-state index contributed by atoms with van der Waals surface area (Å²) < 4.78 is 5.26. The molecular weight excluding hydrogens is 422 g/mol. The highest BCUT2D eigenvalue weighted by Crippen LogP contribution is 2.30. The molecule has 4 amide bonds. The normalized spacial score (nSPS) is 16.6. The Bertz CT molecular complexity index is 1100. The Morgan fingerprint density at radius 2 is 1.58 bits per heavy atom. The minimum absolute atomic E-state index is 0.0928. The van der Waals surface area contributed by atoms with Gasteiger partial charge in [-0.25, -0.2) is 4.79 Å². The number of hydrogen-bond acceptors (Lipinski definition) is 5. The number of benzene rings is 2. The molecule has 0 aromatic heterocycles. The predicted octanol–water partition coefficient (Wildman–Crippen LogP) is 3.47. The molecule has 0 saturated carbocycles. The number of ether oxygens (including phenoxy) is 1. The van der Waals surface area contributed by atoms with E-state index in [4.69, 9.17) is 4.74 Å². The van der Waals surface area contributed by atoms with Gasteiger partial charge in [-0.2, -0.15) is 0 Å². The first kappa shape index (κ1) is 22.5. The van der Waals surface area contributed by atoms with Gasteiger partial charge in [0.2, 0.25) is 0 Å². The summed E-state index contributed by atoms with van der Waals surface area (Å²) in [6.45, 7) is 6.33. The summed E-state index contributed by atoms with van der Waals surface area (Å²) in [7, 11) is 0. The molecule has 2 aromatic rings. The SMILES string of the molecule is CC(C)(C)N1C(=O)c2ccc(C(=O)N3CCC(NC(=O)Oc4ccccc4)CC3)cc2C1=O. The number of carbonyl (C=O) groups is 4. The van der Waals surface area contributed by atoms with Crippen molar-refractivity contribution in [1.82, 2.24) is 15.1 Å². The number of rotatable bonds is 3. The minimum Gasteiger partial charge on any atom is -0.410 e. The second kappa shape index (κ2) is 8.69. The van der Waals surface area contributed by atoms with E-state index >= 15 is 0 Å². The van der Waals surface area contributed by atoms with Crippen molar-refractivity contribution in [3.05, 3.63) is 65.2 Å². The van der Waals surface area contributed by atoms with Crippen molar-refractivity contribution in [2.45, 2.75) is 45.2 Å². The van der Waals surface area contributed by atoms with Gasteiger partial charge in [-0.1, -0.05) is 18.2 Å². The Morgan fingerprint density at radius 1 is 0.939 bits per heavy atom. The third-order valence-electron chi connectivity index (χ3n) is 5.86. The lowest BCUT2D eigenvalue weighted by molar-refractivity contribution is 0.0507. The van der Waals surface area contributed by atoms with Crippen LogP contribution in [-0.2, 0) is 0 Å². The van der Waals surface area contributed by atoms with Crippen molar-refractivity contribution in [3.8, 4) is 5.75 Å². The first-order valence-corrected chi connectivity index (χ1v) is 11.0. The molecule has 172 valence electrons. The smallest absolute Gasteiger partial charge is 0.410 e. The molecule has 4 rings (SSSR count). The molecule has 2 aromatic carbocycles. The van der Waals surface area contributed by atoms with Crippen molar-refractivity contribution in [2.24, 2.45) is 0 Å². The zero-order chi connectivity index (χ0) is 23.8. The molecule has 8 heteroatoms. The Labute approximate surface area is 192 Å². The molecule has 0 spiro atoms. The molecular formula is C25H27N3O5. The van der Waals surface area contributed by atoms with Gasteiger partial charge in [-0.3, -0.25) is 19.3 Å². The average molecular weight is 450 g/mol. The van der Waals surface area contributed by atoms with E-state index in [1.54, 1.807) is 62.1 Å². The summed E-state index contributed by atoms with van der Waals surface area (Å²) in [4.78, 5) is 53.5. The van der Waals surface area contributed by atoms with Crippen molar-refractivity contribution in [1.29, 1.82) is 0 Å². The van der Waals surface area contributed by atoms with Crippen molar-refractivity contribution < 1.29 is 23.9 Å². The fourth-order valence-electron chi connectivity index (χ4n) is 4.18. The molecule has 2 aliphatic rings. The maximum absolute atomic E-state index is 13.0. The predicted molar refractivity (Wildman–Crippen MR) is 121 cm³/mol. The van der Waals surface area contributed by atoms with Crippen LogP contribution in [0.1, 0.15) is 64.7 Å². The molecule has 0 unspecified atom stereocenters. The van der Waals surface area contributed by atoms with E-state index < -0.39 is 11.6 Å². The van der Waals surface area contributed by atoms with Gasteiger partial charge in [0.1, 0.15) is 5.75 Å². The number of likely N-dealkylation sites (tertiary alicyclic amines) is 1. The summed E-state index contributed by atoms with van der Waals surface area (Å²) in [6, 6.07) is 13.4. The molecule has 1 fully saturated rings. The molecule has 8 nitrogen and oxygen atoms in total. The van der Waals surface area contributed by atoms with E-state index in [1.165, 1.54) is 11.0 Å². The number of hydrogen-bond donors (Lipinski definition) is 1. The first-order valence-electron chi connectivity index (χ1n) is 11.0. The highest BCUT2D eigenvalue weighted by atomic mass is 16.6. The highest BCUT2D eigenvalue weighted by Gasteiger charge is 2.42. The fourth-order valence-corrected chi connectivity index (χ4v) is 4.18. The van der Waals surface area contributed by atoms with E-state index in [-0.39, 0.29) is 29.3 Å². The topological polar surface area (TPSA) is 96.0 Å². The van der Waals surface area contributed by atoms with Gasteiger partial charge in [0.15, 0.2) is 0 Å². The van der Waals surface area contributed by atoms with Crippen LogP contribution in [0.25, 0.3) is 0 Å². The van der Waals surface area contributed by atoms with Crippen molar-refractivity contribution in [2.75, 3.05) is 13.1 Å². The van der Waals surface area contributed by atoms with Crippen LogP contribution >= 0.6 is 0 Å². The van der Waals surface area contributed by atoms with E-state index in [0.29, 0.717) is 42.8 Å². The van der Waals surface area contributed by atoms with Crippen LogP contribution in [-0.4, -0.2) is 58.3 Å². The maximum atomic E-state index is 13.0. The Kier molecular flexibility index (Phi) is 5.93.